The molecule has 0 atom stereocenters. The summed E-state index contributed by atoms with van der Waals surface area (Å²) in [5, 5.41) is 2.96. The van der Waals surface area contributed by atoms with Gasteiger partial charge in [-0.1, -0.05) is 25.1 Å². The molecule has 2 rings (SSSR count). The van der Waals surface area contributed by atoms with Crippen LogP contribution in [0.2, 0.25) is 0 Å². The molecule has 1 heterocycles. The number of carbonyl (C=O) groups is 1. The third-order valence-electron chi connectivity index (χ3n) is 3.19. The molecule has 0 saturated heterocycles. The SMILES string of the molecule is CCc1cccc(C)c1NC(=O)c1ccc(OC)nc1. The lowest BCUT2D eigenvalue weighted by atomic mass is 10.1. The number of hydrogen-bond acceptors (Lipinski definition) is 3. The monoisotopic (exact) mass is 270 g/mol. The number of aryl methyl sites for hydroxylation is 2. The number of benzene rings is 1. The van der Waals surface area contributed by atoms with Gasteiger partial charge in [0.2, 0.25) is 5.88 Å². The van der Waals surface area contributed by atoms with E-state index in [0.717, 1.165) is 23.2 Å². The molecule has 1 N–H and O–H groups in total. The number of methoxy groups -OCH3 is 1. The second kappa shape index (κ2) is 6.19. The maximum absolute atomic E-state index is 12.2. The predicted octanol–water partition coefficient (Wildman–Crippen LogP) is 3.21. The van der Waals surface area contributed by atoms with Crippen molar-refractivity contribution in [1.82, 2.24) is 4.98 Å². The van der Waals surface area contributed by atoms with Crippen molar-refractivity contribution in [2.45, 2.75) is 20.3 Å². The number of nitrogens with zero attached hydrogens (tertiary/aromatic N) is 1. The van der Waals surface area contributed by atoms with Crippen LogP contribution in [-0.2, 0) is 6.42 Å². The van der Waals surface area contributed by atoms with Crippen molar-refractivity contribution in [2.24, 2.45) is 0 Å². The molecule has 4 heteroatoms. The summed E-state index contributed by atoms with van der Waals surface area (Å²) in [6.07, 6.45) is 2.39. The van der Waals surface area contributed by atoms with Crippen LogP contribution in [0, 0.1) is 6.92 Å². The van der Waals surface area contributed by atoms with Gasteiger partial charge in [-0.2, -0.15) is 0 Å². The molecule has 104 valence electrons. The third kappa shape index (κ3) is 2.96. The minimum absolute atomic E-state index is 0.163. The van der Waals surface area contributed by atoms with Gasteiger partial charge in [-0.3, -0.25) is 4.79 Å². The second-order valence-electron chi connectivity index (χ2n) is 4.51. The van der Waals surface area contributed by atoms with Crippen LogP contribution in [0.4, 0.5) is 5.69 Å². The van der Waals surface area contributed by atoms with Crippen LogP contribution in [0.5, 0.6) is 5.88 Å². The quantitative estimate of drug-likeness (QED) is 0.928. The number of rotatable bonds is 4. The Morgan fingerprint density at radius 1 is 1.30 bits per heavy atom. The highest BCUT2D eigenvalue weighted by Crippen LogP contribution is 2.22. The minimum atomic E-state index is -0.163. The lowest BCUT2D eigenvalue weighted by molar-refractivity contribution is 0.102. The molecule has 0 fully saturated rings. The van der Waals surface area contributed by atoms with Crippen LogP contribution in [0.25, 0.3) is 0 Å². The Hall–Kier alpha value is -2.36. The molecule has 0 radical (unpaired) electrons. The van der Waals surface area contributed by atoms with E-state index in [4.69, 9.17) is 4.74 Å². The Kier molecular flexibility index (Phi) is 4.35. The molecular formula is C16H18N2O2. The maximum Gasteiger partial charge on any atom is 0.257 e. The van der Waals surface area contributed by atoms with Gasteiger partial charge in [-0.25, -0.2) is 4.98 Å². The molecule has 0 bridgehead atoms. The van der Waals surface area contributed by atoms with Crippen LogP contribution in [-0.4, -0.2) is 18.0 Å². The van der Waals surface area contributed by atoms with Gasteiger partial charge in [0.25, 0.3) is 5.91 Å². The number of carbonyl (C=O) groups excluding carboxylic acids is 1. The fraction of sp³-hybridized carbons (Fsp3) is 0.250. The first-order valence-corrected chi connectivity index (χ1v) is 6.55. The lowest BCUT2D eigenvalue weighted by Crippen LogP contribution is -2.14. The number of anilines is 1. The van der Waals surface area contributed by atoms with E-state index in [1.807, 2.05) is 25.1 Å². The van der Waals surface area contributed by atoms with E-state index in [-0.39, 0.29) is 5.91 Å². The van der Waals surface area contributed by atoms with Crippen molar-refractivity contribution in [1.29, 1.82) is 0 Å². The normalized spacial score (nSPS) is 10.2. The van der Waals surface area contributed by atoms with E-state index < -0.39 is 0 Å². The molecule has 0 unspecified atom stereocenters. The smallest absolute Gasteiger partial charge is 0.257 e. The van der Waals surface area contributed by atoms with Gasteiger partial charge in [0, 0.05) is 18.0 Å². The van der Waals surface area contributed by atoms with E-state index >= 15 is 0 Å². The van der Waals surface area contributed by atoms with Gasteiger partial charge in [0.05, 0.1) is 12.7 Å². The maximum atomic E-state index is 12.2. The highest BCUT2D eigenvalue weighted by Gasteiger charge is 2.11. The summed E-state index contributed by atoms with van der Waals surface area (Å²) in [7, 11) is 1.54. The predicted molar refractivity (Wildman–Crippen MR) is 79.3 cm³/mol. The number of para-hydroxylation sites is 1. The average molecular weight is 270 g/mol. The zero-order chi connectivity index (χ0) is 14.5. The van der Waals surface area contributed by atoms with Gasteiger partial charge in [-0.05, 0) is 30.5 Å². The molecule has 1 aromatic carbocycles. The van der Waals surface area contributed by atoms with E-state index in [1.165, 1.54) is 6.20 Å². The van der Waals surface area contributed by atoms with Crippen molar-refractivity contribution >= 4 is 11.6 Å². The highest BCUT2D eigenvalue weighted by molar-refractivity contribution is 6.04. The molecule has 0 aliphatic heterocycles. The lowest BCUT2D eigenvalue weighted by Gasteiger charge is -2.13. The Morgan fingerprint density at radius 2 is 2.10 bits per heavy atom. The topological polar surface area (TPSA) is 51.2 Å². The summed E-state index contributed by atoms with van der Waals surface area (Å²) >= 11 is 0. The largest absolute Gasteiger partial charge is 0.481 e. The van der Waals surface area contributed by atoms with E-state index in [9.17, 15) is 4.79 Å². The van der Waals surface area contributed by atoms with Crippen molar-refractivity contribution in [3.8, 4) is 5.88 Å². The van der Waals surface area contributed by atoms with Gasteiger partial charge < -0.3 is 10.1 Å². The number of hydrogen-bond donors (Lipinski definition) is 1. The summed E-state index contributed by atoms with van der Waals surface area (Å²) in [5.41, 5.74) is 3.57. The van der Waals surface area contributed by atoms with Crippen LogP contribution in [0.3, 0.4) is 0 Å². The van der Waals surface area contributed by atoms with Crippen LogP contribution < -0.4 is 10.1 Å². The van der Waals surface area contributed by atoms with Crippen LogP contribution in [0.15, 0.2) is 36.5 Å². The number of amides is 1. The molecule has 4 nitrogen and oxygen atoms in total. The standard InChI is InChI=1S/C16H18N2O2/c1-4-12-7-5-6-11(2)15(12)18-16(19)13-8-9-14(20-3)17-10-13/h5-10H,4H2,1-3H3,(H,18,19). The Labute approximate surface area is 118 Å². The summed E-state index contributed by atoms with van der Waals surface area (Å²) < 4.78 is 4.98. The van der Waals surface area contributed by atoms with Crippen LogP contribution in [0.1, 0.15) is 28.4 Å². The zero-order valence-corrected chi connectivity index (χ0v) is 11.9. The average Bonchev–Trinajstić information content (AvgIpc) is 2.49. The summed E-state index contributed by atoms with van der Waals surface area (Å²) in [5.74, 6) is 0.329. The first kappa shape index (κ1) is 14.1. The molecule has 0 spiro atoms. The van der Waals surface area contributed by atoms with E-state index in [2.05, 4.69) is 17.2 Å². The van der Waals surface area contributed by atoms with Crippen molar-refractivity contribution in [2.75, 3.05) is 12.4 Å². The number of aromatic nitrogens is 1. The molecule has 2 aromatic rings. The molecule has 0 saturated carbocycles. The summed E-state index contributed by atoms with van der Waals surface area (Å²) in [6, 6.07) is 9.38. The van der Waals surface area contributed by atoms with Gasteiger partial charge >= 0.3 is 0 Å². The first-order chi connectivity index (χ1) is 9.65. The van der Waals surface area contributed by atoms with Gasteiger partial charge in [0.15, 0.2) is 0 Å². The van der Waals surface area contributed by atoms with Crippen LogP contribution >= 0.6 is 0 Å². The van der Waals surface area contributed by atoms with Gasteiger partial charge in [-0.15, -0.1) is 0 Å². The third-order valence-corrected chi connectivity index (χ3v) is 3.19. The Bertz CT molecular complexity index is 606. The fourth-order valence-electron chi connectivity index (χ4n) is 2.02. The molecule has 1 amide bonds. The van der Waals surface area contributed by atoms with Crippen molar-refractivity contribution < 1.29 is 9.53 Å². The molecule has 1 aromatic heterocycles. The molecule has 0 aliphatic rings. The van der Waals surface area contributed by atoms with Crippen molar-refractivity contribution in [3.05, 3.63) is 53.2 Å². The van der Waals surface area contributed by atoms with Gasteiger partial charge in [0.1, 0.15) is 0 Å². The first-order valence-electron chi connectivity index (χ1n) is 6.55. The Balaban J connectivity index is 2.23. The number of ether oxygens (including phenoxy) is 1. The second-order valence-corrected chi connectivity index (χ2v) is 4.51. The number of nitrogens with one attached hydrogen (secondary N) is 1. The van der Waals surface area contributed by atoms with E-state index in [0.29, 0.717) is 11.4 Å². The number of pyridine rings is 1. The minimum Gasteiger partial charge on any atom is -0.481 e. The zero-order valence-electron chi connectivity index (χ0n) is 11.9. The fourth-order valence-corrected chi connectivity index (χ4v) is 2.02. The summed E-state index contributed by atoms with van der Waals surface area (Å²) in [4.78, 5) is 16.3. The molecule has 20 heavy (non-hydrogen) atoms. The highest BCUT2D eigenvalue weighted by atomic mass is 16.5. The Morgan fingerprint density at radius 3 is 2.70 bits per heavy atom. The molecule has 0 aliphatic carbocycles. The molecular weight excluding hydrogens is 252 g/mol. The van der Waals surface area contributed by atoms with Crippen molar-refractivity contribution in [3.63, 3.8) is 0 Å². The summed E-state index contributed by atoms with van der Waals surface area (Å²) in [6.45, 7) is 4.06. The van der Waals surface area contributed by atoms with E-state index in [1.54, 1.807) is 19.2 Å².